The van der Waals surface area contributed by atoms with Crippen molar-refractivity contribution in [1.82, 2.24) is 9.80 Å². The van der Waals surface area contributed by atoms with Gasteiger partial charge >= 0.3 is 0 Å². The summed E-state index contributed by atoms with van der Waals surface area (Å²) in [5.41, 5.74) is 0.512. The summed E-state index contributed by atoms with van der Waals surface area (Å²) in [4.78, 5) is 16.4. The maximum Gasteiger partial charge on any atom is 0.239 e. The van der Waals surface area contributed by atoms with E-state index in [0.717, 1.165) is 32.6 Å². The van der Waals surface area contributed by atoms with E-state index in [-0.39, 0.29) is 12.5 Å². The van der Waals surface area contributed by atoms with Crippen LogP contribution in [0.4, 0.5) is 5.00 Å². The molecular weight excluding hydrogens is 288 g/mol. The van der Waals surface area contributed by atoms with E-state index >= 15 is 0 Å². The third-order valence-corrected chi connectivity index (χ3v) is 4.33. The molecule has 114 valence electrons. The molecule has 0 aromatic carbocycles. The number of amides is 1. The highest BCUT2D eigenvalue weighted by molar-refractivity contribution is 7.14. The molecule has 1 amide bonds. The number of thiophene rings is 1. The minimum atomic E-state index is -0.0791. The van der Waals surface area contributed by atoms with Crippen molar-refractivity contribution in [3.8, 4) is 6.07 Å². The number of aliphatic hydroxyl groups is 1. The zero-order valence-corrected chi connectivity index (χ0v) is 12.7. The lowest BCUT2D eigenvalue weighted by atomic mass is 10.3. The Morgan fingerprint density at radius 2 is 2.14 bits per heavy atom. The summed E-state index contributed by atoms with van der Waals surface area (Å²) in [5, 5.41) is 23.1. The van der Waals surface area contributed by atoms with Gasteiger partial charge in [-0.15, -0.1) is 11.3 Å². The first-order chi connectivity index (χ1) is 10.2. The van der Waals surface area contributed by atoms with Crippen LogP contribution in [-0.4, -0.2) is 66.7 Å². The van der Waals surface area contributed by atoms with Crippen molar-refractivity contribution in [2.24, 2.45) is 0 Å². The number of nitriles is 1. The first-order valence-corrected chi connectivity index (χ1v) is 7.94. The number of carbonyl (C=O) groups excluding carboxylic acids is 1. The van der Waals surface area contributed by atoms with E-state index < -0.39 is 0 Å². The van der Waals surface area contributed by atoms with Gasteiger partial charge in [-0.2, -0.15) is 5.26 Å². The Labute approximate surface area is 128 Å². The predicted octanol–water partition coefficient (Wildman–Crippen LogP) is 0.558. The summed E-state index contributed by atoms with van der Waals surface area (Å²) in [6, 6.07) is 3.77. The van der Waals surface area contributed by atoms with E-state index in [2.05, 4.69) is 21.2 Å². The smallest absolute Gasteiger partial charge is 0.239 e. The standard InChI is InChI=1S/C14H20N4O2S/c15-10-12-2-9-21-14(12)16-13(20)11-18-4-1-3-17(5-6-18)7-8-19/h2,9,19H,1,3-8,11H2,(H,16,20). The molecule has 0 atom stereocenters. The van der Waals surface area contributed by atoms with Crippen molar-refractivity contribution >= 4 is 22.2 Å². The average molecular weight is 308 g/mol. The molecule has 0 saturated carbocycles. The number of carbonyl (C=O) groups is 1. The summed E-state index contributed by atoms with van der Waals surface area (Å²) < 4.78 is 0. The molecule has 0 spiro atoms. The molecule has 2 N–H and O–H groups in total. The van der Waals surface area contributed by atoms with Crippen molar-refractivity contribution in [2.45, 2.75) is 6.42 Å². The van der Waals surface area contributed by atoms with E-state index in [4.69, 9.17) is 10.4 Å². The van der Waals surface area contributed by atoms with Gasteiger partial charge in [0.25, 0.3) is 0 Å². The highest BCUT2D eigenvalue weighted by Crippen LogP contribution is 2.21. The Balaban J connectivity index is 1.81. The van der Waals surface area contributed by atoms with Crippen LogP contribution in [0, 0.1) is 11.3 Å². The quantitative estimate of drug-likeness (QED) is 0.831. The number of nitrogens with one attached hydrogen (secondary N) is 1. The van der Waals surface area contributed by atoms with Gasteiger partial charge < -0.3 is 10.4 Å². The Morgan fingerprint density at radius 3 is 2.90 bits per heavy atom. The van der Waals surface area contributed by atoms with E-state index in [9.17, 15) is 4.79 Å². The maximum atomic E-state index is 12.1. The van der Waals surface area contributed by atoms with Crippen LogP contribution in [0.3, 0.4) is 0 Å². The second-order valence-corrected chi connectivity index (χ2v) is 5.93. The number of hydrogen-bond acceptors (Lipinski definition) is 6. The Morgan fingerprint density at radius 1 is 1.38 bits per heavy atom. The first kappa shape index (κ1) is 15.9. The van der Waals surface area contributed by atoms with Crippen molar-refractivity contribution in [3.05, 3.63) is 17.0 Å². The van der Waals surface area contributed by atoms with E-state index in [0.29, 0.717) is 23.7 Å². The van der Waals surface area contributed by atoms with Crippen LogP contribution in [0.15, 0.2) is 11.4 Å². The number of β-amino-alcohol motifs (C(OH)–C–C–N with tert-alkyl or cyclic N) is 1. The van der Waals surface area contributed by atoms with Crippen molar-refractivity contribution in [1.29, 1.82) is 5.26 Å². The molecule has 0 aliphatic carbocycles. The van der Waals surface area contributed by atoms with Gasteiger partial charge in [0.15, 0.2) is 0 Å². The number of rotatable bonds is 5. The van der Waals surface area contributed by atoms with E-state index in [1.165, 1.54) is 11.3 Å². The summed E-state index contributed by atoms with van der Waals surface area (Å²) in [6.07, 6.45) is 0.996. The fraction of sp³-hybridized carbons (Fsp3) is 0.571. The lowest BCUT2D eigenvalue weighted by Crippen LogP contribution is -2.36. The fourth-order valence-electron chi connectivity index (χ4n) is 2.41. The number of nitrogens with zero attached hydrogens (tertiary/aromatic N) is 3. The summed E-state index contributed by atoms with van der Waals surface area (Å²) in [7, 11) is 0. The number of aliphatic hydroxyl groups excluding tert-OH is 1. The third-order valence-electron chi connectivity index (χ3n) is 3.50. The van der Waals surface area contributed by atoms with Gasteiger partial charge in [0, 0.05) is 19.6 Å². The minimum absolute atomic E-state index is 0.0791. The molecule has 1 aliphatic rings. The molecule has 1 aromatic rings. The molecule has 21 heavy (non-hydrogen) atoms. The molecule has 2 rings (SSSR count). The number of anilines is 1. The normalized spacial score (nSPS) is 17.1. The molecule has 0 unspecified atom stereocenters. The molecule has 0 bridgehead atoms. The predicted molar refractivity (Wildman–Crippen MR) is 82.2 cm³/mol. The van der Waals surface area contributed by atoms with Crippen LogP contribution in [0.5, 0.6) is 0 Å². The zero-order chi connectivity index (χ0) is 15.1. The van der Waals surface area contributed by atoms with Gasteiger partial charge in [-0.1, -0.05) is 0 Å². The SMILES string of the molecule is N#Cc1ccsc1NC(=O)CN1CCCN(CCO)CC1. The van der Waals surface area contributed by atoms with Crippen LogP contribution >= 0.6 is 11.3 Å². The summed E-state index contributed by atoms with van der Waals surface area (Å²) >= 11 is 1.37. The number of hydrogen-bond donors (Lipinski definition) is 2. The van der Waals surface area contributed by atoms with Gasteiger partial charge in [-0.25, -0.2) is 0 Å². The van der Waals surface area contributed by atoms with Crippen LogP contribution in [0.1, 0.15) is 12.0 Å². The molecule has 6 nitrogen and oxygen atoms in total. The molecular formula is C14H20N4O2S. The molecule has 7 heteroatoms. The molecule has 2 heterocycles. The van der Waals surface area contributed by atoms with Crippen molar-refractivity contribution < 1.29 is 9.90 Å². The lowest BCUT2D eigenvalue weighted by Gasteiger charge is -2.20. The second kappa shape index (κ2) is 8.10. The van der Waals surface area contributed by atoms with Gasteiger partial charge in [0.2, 0.25) is 5.91 Å². The highest BCUT2D eigenvalue weighted by atomic mass is 32.1. The lowest BCUT2D eigenvalue weighted by molar-refractivity contribution is -0.117. The van der Waals surface area contributed by atoms with E-state index in [1.54, 1.807) is 11.4 Å². The van der Waals surface area contributed by atoms with Gasteiger partial charge in [0.1, 0.15) is 11.1 Å². The average Bonchev–Trinajstić information content (AvgIpc) is 2.79. The Kier molecular flexibility index (Phi) is 6.14. The Hall–Kier alpha value is -1.46. The van der Waals surface area contributed by atoms with Crippen molar-refractivity contribution in [3.63, 3.8) is 0 Å². The van der Waals surface area contributed by atoms with Crippen LogP contribution in [0.25, 0.3) is 0 Å². The minimum Gasteiger partial charge on any atom is -0.395 e. The van der Waals surface area contributed by atoms with Gasteiger partial charge in [0.05, 0.1) is 18.7 Å². The van der Waals surface area contributed by atoms with Crippen LogP contribution in [-0.2, 0) is 4.79 Å². The second-order valence-electron chi connectivity index (χ2n) is 5.02. The van der Waals surface area contributed by atoms with Crippen molar-refractivity contribution in [2.75, 3.05) is 51.2 Å². The molecule has 1 aromatic heterocycles. The van der Waals surface area contributed by atoms with E-state index in [1.807, 2.05) is 0 Å². The monoisotopic (exact) mass is 308 g/mol. The molecule has 1 fully saturated rings. The third kappa shape index (κ3) is 4.79. The molecule has 0 radical (unpaired) electrons. The first-order valence-electron chi connectivity index (χ1n) is 7.06. The maximum absolute atomic E-state index is 12.1. The fourth-order valence-corrected chi connectivity index (χ4v) is 3.16. The largest absolute Gasteiger partial charge is 0.395 e. The van der Waals surface area contributed by atoms with Crippen LogP contribution in [0.2, 0.25) is 0 Å². The van der Waals surface area contributed by atoms with Gasteiger partial charge in [-0.3, -0.25) is 14.6 Å². The topological polar surface area (TPSA) is 79.6 Å². The molecule has 1 aliphatic heterocycles. The summed E-state index contributed by atoms with van der Waals surface area (Å²) in [6.45, 7) is 4.75. The summed E-state index contributed by atoms with van der Waals surface area (Å²) in [5.74, 6) is -0.0791. The highest BCUT2D eigenvalue weighted by Gasteiger charge is 2.17. The Bertz CT molecular complexity index is 511. The zero-order valence-electron chi connectivity index (χ0n) is 11.9. The van der Waals surface area contributed by atoms with Gasteiger partial charge in [-0.05, 0) is 31.0 Å². The molecule has 1 saturated heterocycles. The van der Waals surface area contributed by atoms with Crippen LogP contribution < -0.4 is 5.32 Å².